The highest BCUT2D eigenvalue weighted by atomic mass is 16.5. The van der Waals surface area contributed by atoms with Crippen molar-refractivity contribution in [2.24, 2.45) is 0 Å². The van der Waals surface area contributed by atoms with Gasteiger partial charge in [-0.15, -0.1) is 0 Å². The number of methoxy groups -OCH3 is 1. The first-order chi connectivity index (χ1) is 14.9. The van der Waals surface area contributed by atoms with Crippen molar-refractivity contribution in [1.29, 1.82) is 0 Å². The molecule has 6 heteroatoms. The molecular weight excluding hydrogens is 394 g/mol. The Morgan fingerprint density at radius 2 is 1.84 bits per heavy atom. The van der Waals surface area contributed by atoms with Crippen LogP contribution < -0.4 is 9.47 Å². The number of carboxylic acids is 1. The molecule has 31 heavy (non-hydrogen) atoms. The van der Waals surface area contributed by atoms with Crippen LogP contribution in [0, 0.1) is 6.92 Å². The van der Waals surface area contributed by atoms with Crippen molar-refractivity contribution in [3.05, 3.63) is 89.3 Å². The summed E-state index contributed by atoms with van der Waals surface area (Å²) in [5.74, 6) is 0.124. The number of rotatable bonds is 9. The highest BCUT2D eigenvalue weighted by molar-refractivity contribution is 6.08. The minimum absolute atomic E-state index is 0.0535. The molecule has 0 radical (unpaired) electrons. The monoisotopic (exact) mass is 419 g/mol. The minimum Gasteiger partial charge on any atom is -0.497 e. The fourth-order valence-electron chi connectivity index (χ4n) is 3.14. The van der Waals surface area contributed by atoms with Crippen molar-refractivity contribution >= 4 is 17.8 Å². The Morgan fingerprint density at radius 3 is 2.52 bits per heavy atom. The topological polar surface area (TPSA) is 77.8 Å². The lowest BCUT2D eigenvalue weighted by Gasteiger charge is -2.10. The van der Waals surface area contributed by atoms with Gasteiger partial charge in [0.15, 0.2) is 6.10 Å². The number of aromatic nitrogens is 1. The fraction of sp³-hybridized carbons (Fsp3) is 0.200. The molecule has 0 saturated carbocycles. The average molecular weight is 419 g/mol. The highest BCUT2D eigenvalue weighted by Crippen LogP contribution is 2.19. The molecule has 3 aromatic rings. The number of hydrogen-bond donors (Lipinski definition) is 1. The van der Waals surface area contributed by atoms with Crippen LogP contribution in [-0.4, -0.2) is 34.6 Å². The third-order valence-corrected chi connectivity index (χ3v) is 4.75. The van der Waals surface area contributed by atoms with Crippen LogP contribution in [-0.2, 0) is 11.3 Å². The predicted octanol–water partition coefficient (Wildman–Crippen LogP) is 4.60. The van der Waals surface area contributed by atoms with Crippen LogP contribution >= 0.6 is 0 Å². The Kier molecular flexibility index (Phi) is 6.92. The lowest BCUT2D eigenvalue weighted by Crippen LogP contribution is -2.22. The number of ketones is 1. The van der Waals surface area contributed by atoms with E-state index in [9.17, 15) is 9.59 Å². The van der Waals surface area contributed by atoms with Gasteiger partial charge in [-0.2, -0.15) is 0 Å². The van der Waals surface area contributed by atoms with Crippen molar-refractivity contribution in [2.45, 2.75) is 26.5 Å². The van der Waals surface area contributed by atoms with E-state index in [4.69, 9.17) is 14.6 Å². The van der Waals surface area contributed by atoms with E-state index in [-0.39, 0.29) is 5.78 Å². The number of aryl methyl sites for hydroxylation is 1. The van der Waals surface area contributed by atoms with E-state index in [1.165, 1.54) is 6.92 Å². The molecule has 0 fully saturated rings. The quantitative estimate of drug-likeness (QED) is 0.513. The first-order valence-electron chi connectivity index (χ1n) is 9.89. The van der Waals surface area contributed by atoms with Gasteiger partial charge in [0.2, 0.25) is 5.78 Å². The molecule has 2 aromatic carbocycles. The Balaban J connectivity index is 1.73. The van der Waals surface area contributed by atoms with Crippen molar-refractivity contribution < 1.29 is 24.2 Å². The zero-order valence-electron chi connectivity index (χ0n) is 17.7. The number of aliphatic carboxylic acids is 1. The number of carbonyl (C=O) groups is 2. The summed E-state index contributed by atoms with van der Waals surface area (Å²) >= 11 is 0. The molecule has 160 valence electrons. The van der Waals surface area contributed by atoms with Crippen LogP contribution in [0.5, 0.6) is 11.5 Å². The molecule has 1 heterocycles. The van der Waals surface area contributed by atoms with Gasteiger partial charge >= 0.3 is 5.97 Å². The fourth-order valence-corrected chi connectivity index (χ4v) is 3.14. The van der Waals surface area contributed by atoms with E-state index in [1.807, 2.05) is 48.0 Å². The van der Waals surface area contributed by atoms with Crippen LogP contribution in [0.15, 0.2) is 66.9 Å². The lowest BCUT2D eigenvalue weighted by atomic mass is 10.1. The number of allylic oxidation sites excluding steroid dienone is 1. The predicted molar refractivity (Wildman–Crippen MR) is 119 cm³/mol. The summed E-state index contributed by atoms with van der Waals surface area (Å²) in [4.78, 5) is 23.9. The van der Waals surface area contributed by atoms with Gasteiger partial charge in [0, 0.05) is 18.3 Å². The number of carbonyl (C=O) groups excluding carboxylic acids is 1. The summed E-state index contributed by atoms with van der Waals surface area (Å²) < 4.78 is 12.5. The normalized spacial score (nSPS) is 12.0. The van der Waals surface area contributed by atoms with Crippen molar-refractivity contribution in [2.75, 3.05) is 7.11 Å². The third-order valence-electron chi connectivity index (χ3n) is 4.75. The largest absolute Gasteiger partial charge is 0.497 e. The van der Waals surface area contributed by atoms with Crippen molar-refractivity contribution in [1.82, 2.24) is 4.57 Å². The van der Waals surface area contributed by atoms with Crippen LogP contribution in [0.3, 0.4) is 0 Å². The van der Waals surface area contributed by atoms with Gasteiger partial charge < -0.3 is 19.1 Å². The van der Waals surface area contributed by atoms with Gasteiger partial charge in [0.1, 0.15) is 11.5 Å². The molecule has 0 aliphatic rings. The van der Waals surface area contributed by atoms with E-state index in [2.05, 4.69) is 0 Å². The zero-order valence-corrected chi connectivity index (χ0v) is 17.7. The van der Waals surface area contributed by atoms with Gasteiger partial charge in [-0.1, -0.05) is 24.3 Å². The van der Waals surface area contributed by atoms with Crippen LogP contribution in [0.4, 0.5) is 0 Å². The number of nitrogens with zero attached hydrogens (tertiary/aromatic N) is 1. The number of carboxylic acid groups (broad SMARTS) is 1. The molecule has 0 bridgehead atoms. The number of ether oxygens (including phenoxy) is 2. The molecule has 0 saturated heterocycles. The molecule has 0 spiro atoms. The number of benzene rings is 2. The zero-order chi connectivity index (χ0) is 22.4. The molecule has 3 rings (SSSR count). The van der Waals surface area contributed by atoms with Gasteiger partial charge in [-0.25, -0.2) is 4.79 Å². The maximum Gasteiger partial charge on any atom is 0.344 e. The molecule has 0 aliphatic carbocycles. The van der Waals surface area contributed by atoms with Crippen LogP contribution in [0.25, 0.3) is 6.08 Å². The maximum absolute atomic E-state index is 13.0. The van der Waals surface area contributed by atoms with Crippen molar-refractivity contribution in [3.8, 4) is 11.5 Å². The lowest BCUT2D eigenvalue weighted by molar-refractivity contribution is -0.144. The summed E-state index contributed by atoms with van der Waals surface area (Å²) in [7, 11) is 1.59. The Morgan fingerprint density at radius 1 is 1.10 bits per heavy atom. The van der Waals surface area contributed by atoms with Crippen molar-refractivity contribution in [3.63, 3.8) is 0 Å². The summed E-state index contributed by atoms with van der Waals surface area (Å²) in [5.41, 5.74) is 3.09. The summed E-state index contributed by atoms with van der Waals surface area (Å²) in [6, 6.07) is 16.1. The average Bonchev–Trinajstić information content (AvgIpc) is 3.14. The van der Waals surface area contributed by atoms with Gasteiger partial charge in [-0.05, 0) is 67.4 Å². The van der Waals surface area contributed by atoms with Crippen LogP contribution in [0.2, 0.25) is 0 Å². The molecule has 0 amide bonds. The molecule has 1 atom stereocenters. The molecule has 0 unspecified atom stereocenters. The Labute approximate surface area is 181 Å². The van der Waals surface area contributed by atoms with E-state index in [1.54, 1.807) is 43.5 Å². The Hall–Kier alpha value is -3.80. The second-order valence-corrected chi connectivity index (χ2v) is 7.19. The minimum atomic E-state index is -1.02. The molecule has 1 N–H and O–H groups in total. The second-order valence-electron chi connectivity index (χ2n) is 7.19. The summed E-state index contributed by atoms with van der Waals surface area (Å²) in [6.07, 6.45) is 4.88. The van der Waals surface area contributed by atoms with Gasteiger partial charge in [0.05, 0.1) is 12.8 Å². The third kappa shape index (κ3) is 5.63. The highest BCUT2D eigenvalue weighted by Gasteiger charge is 2.15. The molecule has 1 aromatic heterocycles. The second kappa shape index (κ2) is 9.80. The molecule has 6 nitrogen and oxygen atoms in total. The smallest absolute Gasteiger partial charge is 0.344 e. The summed E-state index contributed by atoms with van der Waals surface area (Å²) in [5, 5.41) is 8.99. The van der Waals surface area contributed by atoms with E-state index in [0.29, 0.717) is 29.3 Å². The molecular formula is C25H25NO5. The number of hydrogen-bond acceptors (Lipinski definition) is 4. The first kappa shape index (κ1) is 21.9. The van der Waals surface area contributed by atoms with E-state index >= 15 is 0 Å². The van der Waals surface area contributed by atoms with E-state index in [0.717, 1.165) is 11.1 Å². The Bertz CT molecular complexity index is 1100. The molecule has 0 aliphatic heterocycles. The summed E-state index contributed by atoms with van der Waals surface area (Å²) in [6.45, 7) is 3.96. The van der Waals surface area contributed by atoms with Gasteiger partial charge in [0.25, 0.3) is 0 Å². The maximum atomic E-state index is 13.0. The SMILES string of the molecule is COc1ccc(C(=O)c2cc(C)cn2C/C=C/c2cccc(O[C@@H](C)C(=O)O)c2)cc1. The standard InChI is InChI=1S/C25H25NO5/c1-17-14-23(24(27)20-9-11-21(30-3)12-10-20)26(16-17)13-5-7-19-6-4-8-22(15-19)31-18(2)25(28)29/h4-12,14-16,18H,13H2,1-3H3,(H,28,29)/b7-5+/t18-/m0/s1. The van der Waals surface area contributed by atoms with E-state index < -0.39 is 12.1 Å². The van der Waals surface area contributed by atoms with Crippen LogP contribution in [0.1, 0.15) is 34.1 Å². The first-order valence-corrected chi connectivity index (χ1v) is 9.89. The van der Waals surface area contributed by atoms with Gasteiger partial charge in [-0.3, -0.25) is 4.79 Å².